The van der Waals surface area contributed by atoms with Crippen LogP contribution in [0.5, 0.6) is 5.75 Å². The number of hydrogen-bond donors (Lipinski definition) is 1. The highest BCUT2D eigenvalue weighted by atomic mass is 32.2. The number of sulfone groups is 1. The third-order valence-corrected chi connectivity index (χ3v) is 5.75. The molecule has 27 heavy (non-hydrogen) atoms. The molecular formula is C21H18O5S. The van der Waals surface area contributed by atoms with Gasteiger partial charge in [-0.1, -0.05) is 54.6 Å². The predicted molar refractivity (Wildman–Crippen MR) is 102 cm³/mol. The summed E-state index contributed by atoms with van der Waals surface area (Å²) in [5.41, 5.74) is 1.37. The van der Waals surface area contributed by atoms with Crippen LogP contribution >= 0.6 is 0 Å². The molecule has 0 aliphatic carbocycles. The second-order valence-electron chi connectivity index (χ2n) is 5.93. The first-order valence-corrected chi connectivity index (χ1v) is 9.92. The Hall–Kier alpha value is -3.12. The van der Waals surface area contributed by atoms with Gasteiger partial charge >= 0.3 is 5.97 Å². The van der Waals surface area contributed by atoms with Crippen LogP contribution in [-0.4, -0.2) is 19.5 Å². The molecule has 0 amide bonds. The van der Waals surface area contributed by atoms with Gasteiger partial charge in [0.1, 0.15) is 17.9 Å². The van der Waals surface area contributed by atoms with Crippen LogP contribution in [0.2, 0.25) is 0 Å². The molecule has 3 rings (SSSR count). The van der Waals surface area contributed by atoms with Crippen molar-refractivity contribution in [1.29, 1.82) is 0 Å². The normalized spacial score (nSPS) is 11.1. The zero-order valence-corrected chi connectivity index (χ0v) is 15.2. The van der Waals surface area contributed by atoms with Gasteiger partial charge in [0.25, 0.3) is 0 Å². The lowest BCUT2D eigenvalue weighted by Gasteiger charge is -2.13. The summed E-state index contributed by atoms with van der Waals surface area (Å²) < 4.78 is 31.0. The zero-order chi connectivity index (χ0) is 19.3. The summed E-state index contributed by atoms with van der Waals surface area (Å²) in [5, 5.41) is 9.24. The first kappa shape index (κ1) is 18.7. The predicted octanol–water partition coefficient (Wildman–Crippen LogP) is 3.94. The van der Waals surface area contributed by atoms with E-state index < -0.39 is 15.8 Å². The van der Waals surface area contributed by atoms with Gasteiger partial charge in [0, 0.05) is 0 Å². The summed E-state index contributed by atoms with van der Waals surface area (Å²) in [7, 11) is -3.49. The molecule has 5 nitrogen and oxygen atoms in total. The highest BCUT2D eigenvalue weighted by Gasteiger charge is 2.17. The number of benzene rings is 3. The molecule has 0 saturated heterocycles. The molecule has 3 aromatic rings. The van der Waals surface area contributed by atoms with Crippen LogP contribution in [0.25, 0.3) is 0 Å². The molecule has 0 fully saturated rings. The van der Waals surface area contributed by atoms with Crippen molar-refractivity contribution in [2.24, 2.45) is 0 Å². The molecule has 0 spiro atoms. The van der Waals surface area contributed by atoms with E-state index in [-0.39, 0.29) is 28.6 Å². The van der Waals surface area contributed by atoms with Crippen LogP contribution in [0.4, 0.5) is 0 Å². The molecule has 0 aliphatic heterocycles. The smallest absolute Gasteiger partial charge is 0.339 e. The monoisotopic (exact) mass is 382 g/mol. The fraction of sp³-hybridized carbons (Fsp3) is 0.0952. The maximum Gasteiger partial charge on any atom is 0.339 e. The van der Waals surface area contributed by atoms with E-state index in [1.54, 1.807) is 72.8 Å². The van der Waals surface area contributed by atoms with E-state index in [0.29, 0.717) is 11.1 Å². The van der Waals surface area contributed by atoms with Gasteiger partial charge in [-0.05, 0) is 35.4 Å². The van der Waals surface area contributed by atoms with E-state index in [0.717, 1.165) is 0 Å². The summed E-state index contributed by atoms with van der Waals surface area (Å²) in [4.78, 5) is 11.5. The molecule has 0 unspecified atom stereocenters. The Balaban J connectivity index is 1.82. The van der Waals surface area contributed by atoms with Gasteiger partial charge < -0.3 is 9.84 Å². The zero-order valence-electron chi connectivity index (χ0n) is 14.4. The SMILES string of the molecule is O=C(O)c1ccccc1OCc1ccccc1CS(=O)(=O)c1ccccc1. The number of carboxylic acids is 1. The number of rotatable bonds is 7. The Bertz CT molecular complexity index is 1040. The number of carboxylic acid groups (broad SMARTS) is 1. The standard InChI is InChI=1S/C21H18O5S/c22-21(23)19-12-6-7-13-20(19)26-14-16-8-4-5-9-17(16)15-27(24,25)18-10-2-1-3-11-18/h1-13H,14-15H2,(H,22,23). The Kier molecular flexibility index (Phi) is 5.57. The van der Waals surface area contributed by atoms with Gasteiger partial charge in [-0.25, -0.2) is 13.2 Å². The van der Waals surface area contributed by atoms with Crippen molar-refractivity contribution < 1.29 is 23.1 Å². The molecule has 0 saturated carbocycles. The average Bonchev–Trinajstić information content (AvgIpc) is 2.68. The van der Waals surface area contributed by atoms with E-state index in [1.807, 2.05) is 0 Å². The van der Waals surface area contributed by atoms with Crippen molar-refractivity contribution in [2.45, 2.75) is 17.3 Å². The summed E-state index contributed by atoms with van der Waals surface area (Å²) in [6, 6.07) is 21.7. The van der Waals surface area contributed by atoms with E-state index in [2.05, 4.69) is 0 Å². The molecule has 138 valence electrons. The van der Waals surface area contributed by atoms with Crippen molar-refractivity contribution in [3.05, 3.63) is 95.6 Å². The lowest BCUT2D eigenvalue weighted by Crippen LogP contribution is -2.09. The Labute approximate surface area is 157 Å². The van der Waals surface area contributed by atoms with E-state index in [1.165, 1.54) is 6.07 Å². The summed E-state index contributed by atoms with van der Waals surface area (Å²) in [5.74, 6) is -0.992. The van der Waals surface area contributed by atoms with Crippen LogP contribution in [0.1, 0.15) is 21.5 Å². The molecule has 0 heterocycles. The van der Waals surface area contributed by atoms with E-state index in [9.17, 15) is 18.3 Å². The molecule has 3 aromatic carbocycles. The largest absolute Gasteiger partial charge is 0.488 e. The lowest BCUT2D eigenvalue weighted by molar-refractivity contribution is 0.0691. The van der Waals surface area contributed by atoms with E-state index >= 15 is 0 Å². The number of hydrogen-bond acceptors (Lipinski definition) is 4. The van der Waals surface area contributed by atoms with Gasteiger partial charge in [0.2, 0.25) is 0 Å². The number of ether oxygens (including phenoxy) is 1. The molecule has 0 bridgehead atoms. The maximum atomic E-state index is 12.7. The van der Waals surface area contributed by atoms with Crippen LogP contribution < -0.4 is 4.74 Å². The Morgan fingerprint density at radius 2 is 1.41 bits per heavy atom. The lowest BCUT2D eigenvalue weighted by atomic mass is 10.1. The Morgan fingerprint density at radius 3 is 2.11 bits per heavy atom. The molecule has 0 atom stereocenters. The highest BCUT2D eigenvalue weighted by molar-refractivity contribution is 7.90. The molecule has 0 radical (unpaired) electrons. The molecule has 0 aliphatic rings. The van der Waals surface area contributed by atoms with Crippen molar-refractivity contribution in [2.75, 3.05) is 0 Å². The van der Waals surface area contributed by atoms with Crippen LogP contribution in [0.15, 0.2) is 83.8 Å². The van der Waals surface area contributed by atoms with Crippen molar-refractivity contribution in [1.82, 2.24) is 0 Å². The highest BCUT2D eigenvalue weighted by Crippen LogP contribution is 2.22. The van der Waals surface area contributed by atoms with Crippen LogP contribution in [0, 0.1) is 0 Å². The van der Waals surface area contributed by atoms with Gasteiger partial charge in [-0.2, -0.15) is 0 Å². The molecular weight excluding hydrogens is 364 g/mol. The fourth-order valence-corrected chi connectivity index (χ4v) is 4.11. The van der Waals surface area contributed by atoms with Crippen molar-refractivity contribution in [3.63, 3.8) is 0 Å². The summed E-state index contributed by atoms with van der Waals surface area (Å²) in [6.45, 7) is 0.0742. The second-order valence-corrected chi connectivity index (χ2v) is 7.92. The Morgan fingerprint density at radius 1 is 0.815 bits per heavy atom. The van der Waals surface area contributed by atoms with Crippen molar-refractivity contribution >= 4 is 15.8 Å². The van der Waals surface area contributed by atoms with Crippen LogP contribution in [0.3, 0.4) is 0 Å². The summed E-state index contributed by atoms with van der Waals surface area (Å²) in [6.07, 6.45) is 0. The van der Waals surface area contributed by atoms with Gasteiger partial charge in [-0.15, -0.1) is 0 Å². The maximum absolute atomic E-state index is 12.7. The average molecular weight is 382 g/mol. The van der Waals surface area contributed by atoms with E-state index in [4.69, 9.17) is 4.74 Å². The molecule has 1 N–H and O–H groups in total. The minimum atomic E-state index is -3.49. The van der Waals surface area contributed by atoms with Gasteiger partial charge in [0.05, 0.1) is 10.6 Å². The molecule has 6 heteroatoms. The van der Waals surface area contributed by atoms with Crippen LogP contribution in [-0.2, 0) is 22.2 Å². The second kappa shape index (κ2) is 8.05. The number of aromatic carboxylic acids is 1. The fourth-order valence-electron chi connectivity index (χ4n) is 2.68. The summed E-state index contributed by atoms with van der Waals surface area (Å²) >= 11 is 0. The van der Waals surface area contributed by atoms with Gasteiger partial charge in [-0.3, -0.25) is 0 Å². The molecule has 0 aromatic heterocycles. The number of para-hydroxylation sites is 1. The minimum Gasteiger partial charge on any atom is -0.488 e. The van der Waals surface area contributed by atoms with Crippen molar-refractivity contribution in [3.8, 4) is 5.75 Å². The van der Waals surface area contributed by atoms with Gasteiger partial charge in [0.15, 0.2) is 9.84 Å². The minimum absolute atomic E-state index is 0.0619. The third-order valence-electron chi connectivity index (χ3n) is 4.07. The quantitative estimate of drug-likeness (QED) is 0.669. The first-order chi connectivity index (χ1) is 13.0. The third kappa shape index (κ3) is 4.54. The topological polar surface area (TPSA) is 80.7 Å². The number of carbonyl (C=O) groups is 1. The first-order valence-electron chi connectivity index (χ1n) is 8.27.